The Bertz CT molecular complexity index is 1490. The molecule has 2 fully saturated rings. The second-order valence-electron chi connectivity index (χ2n) is 13.9. The van der Waals surface area contributed by atoms with E-state index < -0.39 is 5.60 Å². The number of allylic oxidation sites excluding steroid dienone is 2. The minimum absolute atomic E-state index is 0.222. The summed E-state index contributed by atoms with van der Waals surface area (Å²) in [4.78, 5) is 31.9. The Morgan fingerprint density at radius 2 is 1.93 bits per heavy atom. The molecule has 45 heavy (non-hydrogen) atoms. The summed E-state index contributed by atoms with van der Waals surface area (Å²) in [6.45, 7) is 12.5. The van der Waals surface area contributed by atoms with Crippen LogP contribution in [0.15, 0.2) is 24.3 Å². The highest BCUT2D eigenvalue weighted by Crippen LogP contribution is 2.38. The fourth-order valence-corrected chi connectivity index (χ4v) is 7.23. The van der Waals surface area contributed by atoms with Gasteiger partial charge < -0.3 is 29.1 Å². The Kier molecular flexibility index (Phi) is 8.91. The van der Waals surface area contributed by atoms with Gasteiger partial charge in [-0.1, -0.05) is 18.2 Å². The van der Waals surface area contributed by atoms with Gasteiger partial charge in [0.1, 0.15) is 18.0 Å². The number of amides is 1. The Morgan fingerprint density at radius 1 is 1.09 bits per heavy atom. The number of piperazine rings is 1. The number of carbonyl (C=O) groups excluding carboxylic acids is 1. The molecule has 6 rings (SSSR count). The maximum absolute atomic E-state index is 13.1. The zero-order chi connectivity index (χ0) is 31.7. The lowest BCUT2D eigenvalue weighted by atomic mass is 9.89. The summed E-state index contributed by atoms with van der Waals surface area (Å²) < 4.78 is 12.0. The van der Waals surface area contributed by atoms with Gasteiger partial charge in [-0.2, -0.15) is 15.2 Å². The van der Waals surface area contributed by atoms with Gasteiger partial charge in [0.25, 0.3) is 0 Å². The van der Waals surface area contributed by atoms with Gasteiger partial charge in [-0.3, -0.25) is 0 Å². The molecule has 10 nitrogen and oxygen atoms in total. The largest absolute Gasteiger partial charge is 0.462 e. The lowest BCUT2D eigenvalue weighted by Gasteiger charge is -2.42. The molecule has 1 amide bonds. The first-order valence-electron chi connectivity index (χ1n) is 16.5. The molecule has 2 atom stereocenters. The molecule has 0 spiro atoms. The zero-order valence-corrected chi connectivity index (χ0v) is 27.5. The van der Waals surface area contributed by atoms with Crippen LogP contribution in [0.4, 0.5) is 16.3 Å². The van der Waals surface area contributed by atoms with E-state index in [9.17, 15) is 10.1 Å². The summed E-state index contributed by atoms with van der Waals surface area (Å²) >= 11 is 0. The van der Waals surface area contributed by atoms with E-state index in [-0.39, 0.29) is 18.6 Å². The van der Waals surface area contributed by atoms with Crippen LogP contribution in [-0.4, -0.2) is 89.9 Å². The van der Waals surface area contributed by atoms with Crippen molar-refractivity contribution in [3.63, 3.8) is 0 Å². The molecule has 1 aromatic carbocycles. The van der Waals surface area contributed by atoms with E-state index in [0.29, 0.717) is 44.8 Å². The van der Waals surface area contributed by atoms with Crippen molar-refractivity contribution < 1.29 is 14.3 Å². The third-order valence-electron chi connectivity index (χ3n) is 9.56. The second-order valence-corrected chi connectivity index (χ2v) is 13.9. The molecule has 0 bridgehead atoms. The first-order chi connectivity index (χ1) is 21.6. The number of nitrogens with zero attached hydrogens (tertiary/aromatic N) is 7. The molecule has 240 valence electrons. The molecule has 1 aromatic heterocycles. The SMILES string of the molecule is CC1=CCCc2cccc(N3CCc4c(nc(OC[C@@H]5CCCN5C)nc4N4CCN(C(=O)OC(C)(C)C)[C@@H](CC#N)C4)C3)c21. The molecule has 0 saturated carbocycles. The number of benzene rings is 1. The smallest absolute Gasteiger partial charge is 0.410 e. The lowest BCUT2D eigenvalue weighted by molar-refractivity contribution is 0.0144. The predicted molar refractivity (Wildman–Crippen MR) is 176 cm³/mol. The molecule has 0 unspecified atom stereocenters. The summed E-state index contributed by atoms with van der Waals surface area (Å²) in [5.74, 6) is 0.868. The fourth-order valence-electron chi connectivity index (χ4n) is 7.23. The van der Waals surface area contributed by atoms with Gasteiger partial charge in [0.15, 0.2) is 0 Å². The third-order valence-corrected chi connectivity index (χ3v) is 9.56. The van der Waals surface area contributed by atoms with Crippen molar-refractivity contribution in [2.75, 3.05) is 56.2 Å². The van der Waals surface area contributed by atoms with Crippen molar-refractivity contribution in [1.29, 1.82) is 5.26 Å². The molecule has 1 aliphatic carbocycles. The molecule has 0 radical (unpaired) electrons. The average Bonchev–Trinajstić information content (AvgIpc) is 3.42. The number of aromatic nitrogens is 2. The van der Waals surface area contributed by atoms with Crippen LogP contribution < -0.4 is 14.5 Å². The number of aryl methyl sites for hydroxylation is 1. The summed E-state index contributed by atoms with van der Waals surface area (Å²) in [6, 6.07) is 9.43. The minimum Gasteiger partial charge on any atom is -0.462 e. The number of fused-ring (bicyclic) bond motifs is 2. The highest BCUT2D eigenvalue weighted by Gasteiger charge is 2.36. The molecule has 2 saturated heterocycles. The normalized spacial score (nSPS) is 22.0. The number of carbonyl (C=O) groups is 1. The van der Waals surface area contributed by atoms with Crippen LogP contribution in [0.3, 0.4) is 0 Å². The van der Waals surface area contributed by atoms with Crippen LogP contribution in [0.2, 0.25) is 0 Å². The Labute approximate surface area is 267 Å². The van der Waals surface area contributed by atoms with Crippen molar-refractivity contribution in [1.82, 2.24) is 19.8 Å². The number of hydrogen-bond donors (Lipinski definition) is 0. The molecule has 4 heterocycles. The van der Waals surface area contributed by atoms with Crippen molar-refractivity contribution in [2.24, 2.45) is 0 Å². The summed E-state index contributed by atoms with van der Waals surface area (Å²) in [6.07, 6.45) is 7.45. The number of likely N-dealkylation sites (tertiary alicyclic amines) is 1. The number of anilines is 2. The van der Waals surface area contributed by atoms with Gasteiger partial charge in [0, 0.05) is 49.0 Å². The first kappa shape index (κ1) is 31.2. The number of rotatable bonds is 6. The molecular formula is C35H47N7O3. The molecule has 3 aliphatic heterocycles. The van der Waals surface area contributed by atoms with Crippen LogP contribution in [0.5, 0.6) is 6.01 Å². The molecule has 4 aliphatic rings. The number of hydrogen-bond acceptors (Lipinski definition) is 9. The number of ether oxygens (including phenoxy) is 2. The van der Waals surface area contributed by atoms with Gasteiger partial charge >= 0.3 is 12.1 Å². The quantitative estimate of drug-likeness (QED) is 0.435. The van der Waals surface area contributed by atoms with E-state index in [1.165, 1.54) is 28.8 Å². The van der Waals surface area contributed by atoms with Gasteiger partial charge in [-0.25, -0.2) is 4.79 Å². The van der Waals surface area contributed by atoms with Gasteiger partial charge in [0.05, 0.1) is 30.8 Å². The molecule has 10 heteroatoms. The van der Waals surface area contributed by atoms with Crippen LogP contribution >= 0.6 is 0 Å². The van der Waals surface area contributed by atoms with Crippen LogP contribution in [0, 0.1) is 11.3 Å². The van der Waals surface area contributed by atoms with Gasteiger partial charge in [-0.15, -0.1) is 0 Å². The number of nitriles is 1. The van der Waals surface area contributed by atoms with E-state index in [0.717, 1.165) is 55.8 Å². The van der Waals surface area contributed by atoms with Crippen LogP contribution in [-0.2, 0) is 24.1 Å². The van der Waals surface area contributed by atoms with Gasteiger partial charge in [-0.05, 0) is 90.6 Å². The maximum Gasteiger partial charge on any atom is 0.410 e. The predicted octanol–water partition coefficient (Wildman–Crippen LogP) is 5.20. The Balaban J connectivity index is 1.30. The van der Waals surface area contributed by atoms with Crippen molar-refractivity contribution in [2.45, 2.75) is 90.4 Å². The number of likely N-dealkylation sites (N-methyl/N-ethyl adjacent to an activating group) is 1. The topological polar surface area (TPSA) is 98.1 Å². The molecular weight excluding hydrogens is 566 g/mol. The average molecular weight is 614 g/mol. The Morgan fingerprint density at radius 3 is 2.69 bits per heavy atom. The van der Waals surface area contributed by atoms with Gasteiger partial charge in [0.2, 0.25) is 0 Å². The van der Waals surface area contributed by atoms with Crippen LogP contribution in [0.25, 0.3) is 5.57 Å². The maximum atomic E-state index is 13.1. The lowest BCUT2D eigenvalue weighted by Crippen LogP contribution is -2.56. The highest BCUT2D eigenvalue weighted by molar-refractivity contribution is 5.80. The van der Waals surface area contributed by atoms with Crippen molar-refractivity contribution in [3.05, 3.63) is 46.7 Å². The van der Waals surface area contributed by atoms with E-state index in [1.54, 1.807) is 4.90 Å². The van der Waals surface area contributed by atoms with Crippen LogP contribution in [0.1, 0.15) is 75.8 Å². The third kappa shape index (κ3) is 6.74. The van der Waals surface area contributed by atoms with E-state index >= 15 is 0 Å². The minimum atomic E-state index is -0.602. The summed E-state index contributed by atoms with van der Waals surface area (Å²) in [5, 5.41) is 9.67. The standard InChI is InChI=1S/C35H47N7O3/c1-24-9-6-10-25-11-7-13-30(31(24)25)40-18-15-28-29(22-40)37-33(44-23-27-12-8-17-39(27)5)38-32(28)41-19-20-42(26(21-41)14-16-36)34(43)45-35(2,3)4/h7,9,11,13,26-27H,6,8,10,12,14-15,17-23H2,1-5H3/t26-,27-/m0/s1. The highest BCUT2D eigenvalue weighted by atomic mass is 16.6. The van der Waals surface area contributed by atoms with Crippen molar-refractivity contribution in [3.8, 4) is 12.1 Å². The van der Waals surface area contributed by atoms with E-state index in [2.05, 4.69) is 59.0 Å². The fraction of sp³-hybridized carbons (Fsp3) is 0.600. The molecule has 0 N–H and O–H groups in total. The van der Waals surface area contributed by atoms with Crippen molar-refractivity contribution >= 4 is 23.2 Å². The monoisotopic (exact) mass is 613 g/mol. The summed E-state index contributed by atoms with van der Waals surface area (Å²) in [7, 11) is 2.15. The Hall–Kier alpha value is -3.84. The first-order valence-corrected chi connectivity index (χ1v) is 16.5. The molecule has 2 aromatic rings. The summed E-state index contributed by atoms with van der Waals surface area (Å²) in [5.41, 5.74) is 6.91. The second kappa shape index (κ2) is 12.9. The van der Waals surface area contributed by atoms with E-state index in [4.69, 9.17) is 19.4 Å². The van der Waals surface area contributed by atoms with E-state index in [1.807, 2.05) is 20.8 Å². The zero-order valence-electron chi connectivity index (χ0n) is 27.5.